The molecule has 1 amide bonds. The Bertz CT molecular complexity index is 1010. The zero-order valence-corrected chi connectivity index (χ0v) is 15.4. The molecule has 0 aliphatic rings. The van der Waals surface area contributed by atoms with E-state index in [-0.39, 0.29) is 23.9 Å². The molecule has 3 aromatic rings. The van der Waals surface area contributed by atoms with Crippen LogP contribution < -0.4 is 15.7 Å². The van der Waals surface area contributed by atoms with Gasteiger partial charge in [-0.3, -0.25) is 13.9 Å². The molecule has 0 saturated carbocycles. The highest BCUT2D eigenvalue weighted by Crippen LogP contribution is 2.15. The van der Waals surface area contributed by atoms with E-state index in [1.165, 1.54) is 16.7 Å². The first-order valence-electron chi connectivity index (χ1n) is 8.98. The van der Waals surface area contributed by atoms with Gasteiger partial charge in [0.05, 0.1) is 11.0 Å². The zero-order valence-electron chi connectivity index (χ0n) is 15.4. The predicted octanol–water partition coefficient (Wildman–Crippen LogP) is 2.78. The Morgan fingerprint density at radius 1 is 1.07 bits per heavy atom. The molecular weight excluding hydrogens is 368 g/mol. The summed E-state index contributed by atoms with van der Waals surface area (Å²) in [7, 11) is 0. The van der Waals surface area contributed by atoms with Crippen LogP contribution in [0.4, 0.5) is 8.78 Å². The highest BCUT2D eigenvalue weighted by Gasteiger charge is 2.14. The fraction of sp³-hybridized carbons (Fsp3) is 0.300. The molecule has 0 aliphatic carbocycles. The molecule has 0 atom stereocenters. The fourth-order valence-corrected chi connectivity index (χ4v) is 3.11. The average molecular weight is 389 g/mol. The van der Waals surface area contributed by atoms with Gasteiger partial charge in [-0.15, -0.1) is 0 Å². The molecule has 0 fully saturated rings. The maximum absolute atomic E-state index is 12.5. The Labute approximate surface area is 160 Å². The van der Waals surface area contributed by atoms with Crippen molar-refractivity contribution in [2.45, 2.75) is 33.0 Å². The Kier molecular flexibility index (Phi) is 6.08. The summed E-state index contributed by atoms with van der Waals surface area (Å²) in [5.74, 6) is -0.173. The number of ether oxygens (including phenoxy) is 1. The number of rotatable bonds is 8. The van der Waals surface area contributed by atoms with E-state index >= 15 is 0 Å². The number of nitrogens with one attached hydrogen (secondary N) is 1. The molecular formula is C20H21F2N3O3. The maximum atomic E-state index is 12.5. The predicted molar refractivity (Wildman–Crippen MR) is 102 cm³/mol. The number of carbonyl (C=O) groups excluding carboxylic acids is 1. The number of benzene rings is 2. The minimum Gasteiger partial charge on any atom is -0.435 e. The number of halogens is 2. The number of amides is 1. The molecule has 1 N–H and O–H groups in total. The number of alkyl halides is 2. The van der Waals surface area contributed by atoms with E-state index in [1.54, 1.807) is 16.7 Å². The highest BCUT2D eigenvalue weighted by molar-refractivity contribution is 5.80. The number of fused-ring (bicyclic) bond motifs is 1. The van der Waals surface area contributed by atoms with Crippen LogP contribution in [0.3, 0.4) is 0 Å². The SMILES string of the molecule is CCn1c(=O)n(CC(=O)NCCc2ccc(OC(F)F)cc2)c2ccccc21. The summed E-state index contributed by atoms with van der Waals surface area (Å²) >= 11 is 0. The van der Waals surface area contributed by atoms with Crippen LogP contribution in [-0.4, -0.2) is 28.2 Å². The molecule has 6 nitrogen and oxygen atoms in total. The Hall–Kier alpha value is -3.16. The van der Waals surface area contributed by atoms with Crippen LogP contribution in [0.2, 0.25) is 0 Å². The smallest absolute Gasteiger partial charge is 0.387 e. The number of carbonyl (C=O) groups is 1. The van der Waals surface area contributed by atoms with Crippen molar-refractivity contribution in [2.24, 2.45) is 0 Å². The van der Waals surface area contributed by atoms with E-state index in [9.17, 15) is 18.4 Å². The number of hydrogen-bond donors (Lipinski definition) is 1. The van der Waals surface area contributed by atoms with Gasteiger partial charge in [-0.1, -0.05) is 24.3 Å². The van der Waals surface area contributed by atoms with E-state index < -0.39 is 6.61 Å². The fourth-order valence-electron chi connectivity index (χ4n) is 3.11. The third-order valence-electron chi connectivity index (χ3n) is 4.43. The second kappa shape index (κ2) is 8.69. The second-order valence-corrected chi connectivity index (χ2v) is 6.22. The third-order valence-corrected chi connectivity index (χ3v) is 4.43. The molecule has 3 rings (SSSR count). The summed E-state index contributed by atoms with van der Waals surface area (Å²) in [6.45, 7) is -0.135. The van der Waals surface area contributed by atoms with Gasteiger partial charge in [0.1, 0.15) is 12.3 Å². The average Bonchev–Trinajstić information content (AvgIpc) is 2.94. The van der Waals surface area contributed by atoms with E-state index in [0.717, 1.165) is 16.6 Å². The summed E-state index contributed by atoms with van der Waals surface area (Å²) in [5, 5.41) is 2.79. The van der Waals surface area contributed by atoms with E-state index in [1.807, 2.05) is 31.2 Å². The number of aryl methyl sites for hydroxylation is 1. The van der Waals surface area contributed by atoms with Gasteiger partial charge in [0.25, 0.3) is 0 Å². The van der Waals surface area contributed by atoms with Gasteiger partial charge < -0.3 is 10.1 Å². The lowest BCUT2D eigenvalue weighted by Gasteiger charge is -2.08. The van der Waals surface area contributed by atoms with Crippen molar-refractivity contribution < 1.29 is 18.3 Å². The number of aromatic nitrogens is 2. The lowest BCUT2D eigenvalue weighted by Crippen LogP contribution is -2.34. The first-order valence-corrected chi connectivity index (χ1v) is 8.98. The van der Waals surface area contributed by atoms with Crippen molar-refractivity contribution in [2.75, 3.05) is 6.54 Å². The molecule has 0 radical (unpaired) electrons. The van der Waals surface area contributed by atoms with Gasteiger partial charge in [-0.25, -0.2) is 4.79 Å². The summed E-state index contributed by atoms with van der Waals surface area (Å²) in [4.78, 5) is 24.8. The molecule has 1 heterocycles. The Morgan fingerprint density at radius 3 is 2.32 bits per heavy atom. The van der Waals surface area contributed by atoms with Crippen LogP contribution >= 0.6 is 0 Å². The third kappa shape index (κ3) is 4.39. The summed E-state index contributed by atoms with van der Waals surface area (Å²) < 4.78 is 31.7. The van der Waals surface area contributed by atoms with Gasteiger partial charge >= 0.3 is 12.3 Å². The maximum Gasteiger partial charge on any atom is 0.387 e. The number of para-hydroxylation sites is 2. The van der Waals surface area contributed by atoms with Crippen LogP contribution in [0, 0.1) is 0 Å². The van der Waals surface area contributed by atoms with Crippen molar-refractivity contribution in [3.05, 3.63) is 64.6 Å². The molecule has 0 spiro atoms. The Morgan fingerprint density at radius 2 is 1.71 bits per heavy atom. The summed E-state index contributed by atoms with van der Waals surface area (Å²) in [5.41, 5.74) is 2.18. The van der Waals surface area contributed by atoms with Crippen LogP contribution in [0.25, 0.3) is 11.0 Å². The van der Waals surface area contributed by atoms with Crippen molar-refractivity contribution in [3.8, 4) is 5.75 Å². The van der Waals surface area contributed by atoms with Crippen molar-refractivity contribution in [1.82, 2.24) is 14.5 Å². The zero-order chi connectivity index (χ0) is 20.1. The molecule has 0 aliphatic heterocycles. The molecule has 0 unspecified atom stereocenters. The van der Waals surface area contributed by atoms with Crippen LogP contribution in [0.1, 0.15) is 12.5 Å². The number of imidazole rings is 1. The van der Waals surface area contributed by atoms with Crippen LogP contribution in [-0.2, 0) is 24.3 Å². The van der Waals surface area contributed by atoms with Crippen molar-refractivity contribution in [1.29, 1.82) is 0 Å². The standard InChI is InChI=1S/C20H21F2N3O3/c1-2-24-16-5-3-4-6-17(16)25(20(24)27)13-18(26)23-12-11-14-7-9-15(10-8-14)28-19(21)22/h3-10,19H,2,11-13H2,1H3,(H,23,26). The van der Waals surface area contributed by atoms with E-state index in [2.05, 4.69) is 10.1 Å². The molecule has 1 aromatic heterocycles. The first kappa shape index (κ1) is 19.6. The van der Waals surface area contributed by atoms with Crippen molar-refractivity contribution in [3.63, 3.8) is 0 Å². The molecule has 8 heteroatoms. The topological polar surface area (TPSA) is 65.3 Å². The lowest BCUT2D eigenvalue weighted by molar-refractivity contribution is -0.121. The lowest BCUT2D eigenvalue weighted by atomic mass is 10.1. The molecule has 28 heavy (non-hydrogen) atoms. The molecule has 2 aromatic carbocycles. The minimum absolute atomic E-state index is 0.0620. The molecule has 0 bridgehead atoms. The van der Waals surface area contributed by atoms with Gasteiger partial charge in [0.2, 0.25) is 5.91 Å². The number of nitrogens with zero attached hydrogens (tertiary/aromatic N) is 2. The molecule has 0 saturated heterocycles. The number of hydrogen-bond acceptors (Lipinski definition) is 3. The van der Waals surface area contributed by atoms with Crippen LogP contribution in [0.15, 0.2) is 53.3 Å². The first-order chi connectivity index (χ1) is 13.5. The van der Waals surface area contributed by atoms with Gasteiger partial charge in [-0.05, 0) is 43.2 Å². The van der Waals surface area contributed by atoms with Crippen molar-refractivity contribution >= 4 is 16.9 Å². The quantitative estimate of drug-likeness (QED) is 0.644. The second-order valence-electron chi connectivity index (χ2n) is 6.22. The monoisotopic (exact) mass is 389 g/mol. The Balaban J connectivity index is 1.59. The van der Waals surface area contributed by atoms with E-state index in [0.29, 0.717) is 19.5 Å². The van der Waals surface area contributed by atoms with E-state index in [4.69, 9.17) is 0 Å². The summed E-state index contributed by atoms with van der Waals surface area (Å²) in [6, 6.07) is 13.6. The van der Waals surface area contributed by atoms with Gasteiger partial charge in [0, 0.05) is 13.1 Å². The highest BCUT2D eigenvalue weighted by atomic mass is 19.3. The normalized spacial score (nSPS) is 11.1. The largest absolute Gasteiger partial charge is 0.435 e. The van der Waals surface area contributed by atoms with Gasteiger partial charge in [0.15, 0.2) is 0 Å². The minimum atomic E-state index is -2.85. The summed E-state index contributed by atoms with van der Waals surface area (Å²) in [6.07, 6.45) is 0.534. The molecule has 148 valence electrons. The van der Waals surface area contributed by atoms with Crippen LogP contribution in [0.5, 0.6) is 5.75 Å². The van der Waals surface area contributed by atoms with Gasteiger partial charge in [-0.2, -0.15) is 8.78 Å².